The van der Waals surface area contributed by atoms with Crippen LogP contribution >= 0.6 is 0 Å². The molecular weight excluding hydrogens is 164 g/mol. The molecule has 5 nitrogen and oxygen atoms in total. The molecule has 1 aliphatic heterocycles. The molecule has 0 N–H and O–H groups in total. The highest BCUT2D eigenvalue weighted by Crippen LogP contribution is 2.17. The van der Waals surface area contributed by atoms with Gasteiger partial charge in [-0.25, -0.2) is 4.79 Å². The van der Waals surface area contributed by atoms with E-state index < -0.39 is 12.1 Å². The van der Waals surface area contributed by atoms with Gasteiger partial charge in [0.05, 0.1) is 6.61 Å². The predicted octanol–water partition coefficient (Wildman–Crippen LogP) is -0.510. The van der Waals surface area contributed by atoms with Crippen LogP contribution < -0.4 is 0 Å². The minimum absolute atomic E-state index is 0.251. The van der Waals surface area contributed by atoms with Crippen LogP contribution in [-0.2, 0) is 23.8 Å². The molecule has 1 heterocycles. The number of methoxy groups -OCH3 is 1. The van der Waals surface area contributed by atoms with Gasteiger partial charge in [-0.15, -0.1) is 0 Å². The van der Waals surface area contributed by atoms with Crippen molar-refractivity contribution in [1.82, 2.24) is 0 Å². The number of hydrogen-bond donors (Lipinski definition) is 0. The van der Waals surface area contributed by atoms with E-state index >= 15 is 0 Å². The maximum Gasteiger partial charge on any atom is 0.347 e. The lowest BCUT2D eigenvalue weighted by Crippen LogP contribution is -2.17. The van der Waals surface area contributed by atoms with Gasteiger partial charge in [0.25, 0.3) is 6.47 Å². The first-order valence-electron chi connectivity index (χ1n) is 3.56. The molecule has 1 rings (SSSR count). The van der Waals surface area contributed by atoms with Crippen LogP contribution in [0.25, 0.3) is 0 Å². The Morgan fingerprint density at radius 2 is 2.50 bits per heavy atom. The Kier molecular flexibility index (Phi) is 3.04. The van der Waals surface area contributed by atoms with Gasteiger partial charge in [-0.1, -0.05) is 0 Å². The zero-order valence-corrected chi connectivity index (χ0v) is 6.69. The number of hydrogen-bond acceptors (Lipinski definition) is 5. The van der Waals surface area contributed by atoms with Crippen molar-refractivity contribution in [3.05, 3.63) is 0 Å². The Labute approximate surface area is 69.6 Å². The van der Waals surface area contributed by atoms with E-state index in [9.17, 15) is 9.59 Å². The summed E-state index contributed by atoms with van der Waals surface area (Å²) < 4.78 is 14.1. The maximum absolute atomic E-state index is 10.9. The quantitative estimate of drug-likeness (QED) is 0.424. The largest absolute Gasteiger partial charge is 0.457 e. The third kappa shape index (κ3) is 1.94. The first-order valence-corrected chi connectivity index (χ1v) is 3.56. The Bertz CT molecular complexity index is 179. The molecule has 2 atom stereocenters. The smallest absolute Gasteiger partial charge is 0.347 e. The molecule has 1 saturated heterocycles. The Balaban J connectivity index is 2.38. The molecule has 0 bridgehead atoms. The highest BCUT2D eigenvalue weighted by atomic mass is 16.6. The first kappa shape index (κ1) is 8.99. The van der Waals surface area contributed by atoms with Crippen LogP contribution in [0.15, 0.2) is 0 Å². The minimum Gasteiger partial charge on any atom is -0.457 e. The fraction of sp³-hybridized carbons (Fsp3) is 0.714. The van der Waals surface area contributed by atoms with E-state index in [4.69, 9.17) is 9.47 Å². The van der Waals surface area contributed by atoms with Gasteiger partial charge < -0.3 is 14.2 Å². The van der Waals surface area contributed by atoms with Gasteiger partial charge in [-0.2, -0.15) is 0 Å². The lowest BCUT2D eigenvalue weighted by atomic mass is 10.2. The van der Waals surface area contributed by atoms with Gasteiger partial charge >= 0.3 is 5.97 Å². The monoisotopic (exact) mass is 174 g/mol. The van der Waals surface area contributed by atoms with E-state index in [1.54, 1.807) is 0 Å². The Morgan fingerprint density at radius 3 is 3.08 bits per heavy atom. The molecule has 1 fully saturated rings. The third-order valence-electron chi connectivity index (χ3n) is 1.60. The molecule has 68 valence electrons. The second kappa shape index (κ2) is 4.06. The third-order valence-corrected chi connectivity index (χ3v) is 1.60. The van der Waals surface area contributed by atoms with Gasteiger partial charge in [0.1, 0.15) is 6.10 Å². The number of ether oxygens (including phenoxy) is 3. The van der Waals surface area contributed by atoms with Crippen molar-refractivity contribution in [2.75, 3.05) is 13.7 Å². The molecule has 0 saturated carbocycles. The second-order valence-corrected chi connectivity index (χ2v) is 2.47. The van der Waals surface area contributed by atoms with Gasteiger partial charge in [-0.05, 0) is 0 Å². The van der Waals surface area contributed by atoms with E-state index in [0.29, 0.717) is 13.0 Å². The van der Waals surface area contributed by atoms with E-state index in [1.165, 1.54) is 7.11 Å². The average Bonchev–Trinajstić information content (AvgIpc) is 2.34. The van der Waals surface area contributed by atoms with E-state index in [0.717, 1.165) is 0 Å². The van der Waals surface area contributed by atoms with Crippen LogP contribution in [-0.4, -0.2) is 38.4 Å². The van der Waals surface area contributed by atoms with E-state index in [1.807, 2.05) is 0 Å². The number of cyclic esters (lactones) is 1. The molecule has 0 aliphatic carbocycles. The highest BCUT2D eigenvalue weighted by molar-refractivity contribution is 5.78. The summed E-state index contributed by atoms with van der Waals surface area (Å²) in [6, 6.07) is 0. The number of esters is 1. The molecule has 2 unspecified atom stereocenters. The van der Waals surface area contributed by atoms with Crippen molar-refractivity contribution >= 4 is 12.4 Å². The van der Waals surface area contributed by atoms with E-state index in [-0.39, 0.29) is 12.6 Å². The molecule has 12 heavy (non-hydrogen) atoms. The Hall–Kier alpha value is -1.10. The second-order valence-electron chi connectivity index (χ2n) is 2.47. The van der Waals surface area contributed by atoms with Gasteiger partial charge in [0.2, 0.25) is 6.10 Å². The highest BCUT2D eigenvalue weighted by Gasteiger charge is 2.35. The molecule has 1 aliphatic rings. The van der Waals surface area contributed by atoms with Crippen LogP contribution in [0.1, 0.15) is 6.42 Å². The number of carbonyl (C=O) groups excluding carboxylic acids is 2. The van der Waals surface area contributed by atoms with Crippen molar-refractivity contribution in [3.63, 3.8) is 0 Å². The predicted molar refractivity (Wildman–Crippen MR) is 37.3 cm³/mol. The SMILES string of the molecule is COCC1CC(OC=O)C(=O)O1. The molecule has 0 radical (unpaired) electrons. The number of rotatable bonds is 4. The van der Waals surface area contributed by atoms with E-state index in [2.05, 4.69) is 4.74 Å². The maximum atomic E-state index is 10.9. The minimum atomic E-state index is -0.748. The van der Waals surface area contributed by atoms with Crippen molar-refractivity contribution in [1.29, 1.82) is 0 Å². The van der Waals surface area contributed by atoms with Gasteiger partial charge in [0.15, 0.2) is 0 Å². The van der Waals surface area contributed by atoms with Crippen molar-refractivity contribution < 1.29 is 23.8 Å². The summed E-state index contributed by atoms with van der Waals surface area (Å²) in [5, 5.41) is 0. The summed E-state index contributed by atoms with van der Waals surface area (Å²) in [6.07, 6.45) is -0.652. The summed E-state index contributed by atoms with van der Waals surface area (Å²) in [4.78, 5) is 20.8. The standard InChI is InChI=1S/C7H10O5/c1-10-3-5-2-6(11-4-8)7(9)12-5/h4-6H,2-3H2,1H3. The lowest BCUT2D eigenvalue weighted by molar-refractivity contribution is -0.154. The van der Waals surface area contributed by atoms with Crippen LogP contribution in [0, 0.1) is 0 Å². The zero-order valence-electron chi connectivity index (χ0n) is 6.69. The fourth-order valence-corrected chi connectivity index (χ4v) is 1.09. The molecule has 0 spiro atoms. The fourth-order valence-electron chi connectivity index (χ4n) is 1.09. The zero-order chi connectivity index (χ0) is 8.97. The van der Waals surface area contributed by atoms with Crippen LogP contribution in [0.3, 0.4) is 0 Å². The summed E-state index contributed by atoms with van der Waals surface area (Å²) in [5.74, 6) is -0.496. The normalized spacial score (nSPS) is 28.2. The van der Waals surface area contributed by atoms with Crippen LogP contribution in [0.5, 0.6) is 0 Å². The molecule has 0 aromatic rings. The van der Waals surface area contributed by atoms with Crippen molar-refractivity contribution in [3.8, 4) is 0 Å². The summed E-state index contributed by atoms with van der Waals surface area (Å²) in [6.45, 7) is 0.589. The van der Waals surface area contributed by atoms with Gasteiger partial charge in [-0.3, -0.25) is 4.79 Å². The molecule has 0 amide bonds. The molecule has 5 heteroatoms. The number of carbonyl (C=O) groups is 2. The van der Waals surface area contributed by atoms with Gasteiger partial charge in [0, 0.05) is 13.5 Å². The summed E-state index contributed by atoms with van der Waals surface area (Å²) >= 11 is 0. The first-order chi connectivity index (χ1) is 5.77. The molecule has 0 aromatic carbocycles. The average molecular weight is 174 g/mol. The van der Waals surface area contributed by atoms with Crippen LogP contribution in [0.2, 0.25) is 0 Å². The molecular formula is C7H10O5. The van der Waals surface area contributed by atoms with Crippen LogP contribution in [0.4, 0.5) is 0 Å². The topological polar surface area (TPSA) is 61.8 Å². The molecule has 0 aromatic heterocycles. The van der Waals surface area contributed by atoms with Crippen molar-refractivity contribution in [2.24, 2.45) is 0 Å². The Morgan fingerprint density at radius 1 is 1.75 bits per heavy atom. The lowest BCUT2D eigenvalue weighted by Gasteiger charge is -2.04. The summed E-state index contributed by atoms with van der Waals surface area (Å²) in [7, 11) is 1.52. The summed E-state index contributed by atoms with van der Waals surface area (Å²) in [5.41, 5.74) is 0. The van der Waals surface area contributed by atoms with Crippen molar-refractivity contribution in [2.45, 2.75) is 18.6 Å².